The molecule has 4 nitrogen and oxygen atoms in total. The molecule has 16 heavy (non-hydrogen) atoms. The largest absolute Gasteiger partial charge is 0.360 e. The maximum Gasteiger partial charge on any atom is 0.251 e. The zero-order valence-corrected chi connectivity index (χ0v) is 10.5. The Morgan fingerprint density at radius 3 is 2.62 bits per heavy atom. The monoisotopic (exact) mass is 226 g/mol. The number of nitrogens with one attached hydrogen (secondary N) is 1. The number of amides is 1. The third-order valence-electron chi connectivity index (χ3n) is 3.64. The second kappa shape index (κ2) is 4.34. The molecule has 2 fully saturated rings. The molecule has 0 aromatic carbocycles. The van der Waals surface area contributed by atoms with Gasteiger partial charge < -0.3 is 15.0 Å². The van der Waals surface area contributed by atoms with E-state index < -0.39 is 0 Å². The van der Waals surface area contributed by atoms with Gasteiger partial charge in [-0.2, -0.15) is 0 Å². The zero-order valence-electron chi connectivity index (χ0n) is 10.5. The van der Waals surface area contributed by atoms with Crippen LogP contribution in [0.25, 0.3) is 0 Å². The fraction of sp³-hybridized carbons (Fsp3) is 0.917. The van der Waals surface area contributed by atoms with Crippen molar-refractivity contribution in [3.63, 3.8) is 0 Å². The molecule has 1 amide bonds. The lowest BCUT2D eigenvalue weighted by Crippen LogP contribution is -2.61. The smallest absolute Gasteiger partial charge is 0.251 e. The second-order valence-corrected chi connectivity index (χ2v) is 5.41. The van der Waals surface area contributed by atoms with Gasteiger partial charge in [0.2, 0.25) is 0 Å². The maximum atomic E-state index is 12.0. The third-order valence-corrected chi connectivity index (χ3v) is 3.64. The molecular weight excluding hydrogens is 204 g/mol. The van der Waals surface area contributed by atoms with Crippen molar-refractivity contribution in [3.05, 3.63) is 0 Å². The van der Waals surface area contributed by atoms with Crippen molar-refractivity contribution in [1.29, 1.82) is 0 Å². The van der Waals surface area contributed by atoms with Gasteiger partial charge in [-0.3, -0.25) is 4.79 Å². The van der Waals surface area contributed by atoms with Gasteiger partial charge in [-0.05, 0) is 31.8 Å². The Bertz CT molecular complexity index is 272. The maximum absolute atomic E-state index is 12.0. The van der Waals surface area contributed by atoms with Crippen LogP contribution >= 0.6 is 0 Å². The summed E-state index contributed by atoms with van der Waals surface area (Å²) in [5.74, 6) is 0.390. The molecule has 0 aliphatic carbocycles. The van der Waals surface area contributed by atoms with Crippen LogP contribution in [0.5, 0.6) is 0 Å². The van der Waals surface area contributed by atoms with E-state index in [9.17, 15) is 4.79 Å². The molecule has 0 saturated carbocycles. The van der Waals surface area contributed by atoms with Gasteiger partial charge in [0, 0.05) is 13.6 Å². The lowest BCUT2D eigenvalue weighted by atomic mass is 9.88. The molecule has 1 atom stereocenters. The fourth-order valence-electron chi connectivity index (χ4n) is 2.66. The molecule has 0 aromatic rings. The molecule has 1 spiro atoms. The zero-order chi connectivity index (χ0) is 11.8. The highest BCUT2D eigenvalue weighted by Crippen LogP contribution is 2.32. The van der Waals surface area contributed by atoms with Crippen LogP contribution in [0.4, 0.5) is 0 Å². The van der Waals surface area contributed by atoms with Gasteiger partial charge in [-0.1, -0.05) is 13.8 Å². The molecule has 0 radical (unpaired) electrons. The summed E-state index contributed by atoms with van der Waals surface area (Å²) in [6.45, 7) is 6.84. The topological polar surface area (TPSA) is 41.6 Å². The molecule has 2 aliphatic heterocycles. The molecule has 1 unspecified atom stereocenters. The predicted octanol–water partition coefficient (Wildman–Crippen LogP) is 0.622. The van der Waals surface area contributed by atoms with Crippen molar-refractivity contribution in [1.82, 2.24) is 10.2 Å². The number of morpholine rings is 1. The van der Waals surface area contributed by atoms with Crippen molar-refractivity contribution >= 4 is 5.91 Å². The molecular formula is C12H22N2O2. The summed E-state index contributed by atoms with van der Waals surface area (Å²) >= 11 is 0. The minimum atomic E-state index is -0.253. The van der Waals surface area contributed by atoms with E-state index in [-0.39, 0.29) is 23.5 Å². The van der Waals surface area contributed by atoms with Crippen molar-refractivity contribution in [2.24, 2.45) is 5.92 Å². The number of ether oxygens (including phenoxy) is 1. The fourth-order valence-corrected chi connectivity index (χ4v) is 2.66. The van der Waals surface area contributed by atoms with Gasteiger partial charge in [0.25, 0.3) is 5.91 Å². The minimum absolute atomic E-state index is 0.0944. The van der Waals surface area contributed by atoms with Crippen LogP contribution in [0.3, 0.4) is 0 Å². The van der Waals surface area contributed by atoms with Crippen LogP contribution in [0.2, 0.25) is 0 Å². The van der Waals surface area contributed by atoms with E-state index in [1.165, 1.54) is 0 Å². The molecule has 2 saturated heterocycles. The molecule has 1 N–H and O–H groups in total. The number of nitrogens with zero attached hydrogens (tertiary/aromatic N) is 1. The summed E-state index contributed by atoms with van der Waals surface area (Å²) < 4.78 is 6.13. The Kier molecular flexibility index (Phi) is 3.22. The van der Waals surface area contributed by atoms with Gasteiger partial charge in [0.1, 0.15) is 6.10 Å². The van der Waals surface area contributed by atoms with Crippen LogP contribution in [-0.2, 0) is 9.53 Å². The van der Waals surface area contributed by atoms with E-state index in [4.69, 9.17) is 4.74 Å². The Balaban J connectivity index is 2.14. The molecule has 0 bridgehead atoms. The van der Waals surface area contributed by atoms with Crippen LogP contribution in [-0.4, -0.2) is 49.2 Å². The molecule has 0 aromatic heterocycles. The highest BCUT2D eigenvalue weighted by Gasteiger charge is 2.45. The molecule has 4 heteroatoms. The number of piperidine rings is 1. The van der Waals surface area contributed by atoms with Crippen molar-refractivity contribution in [3.8, 4) is 0 Å². The number of hydrogen-bond donors (Lipinski definition) is 1. The average Bonchev–Trinajstić information content (AvgIpc) is 2.24. The highest BCUT2D eigenvalue weighted by molar-refractivity contribution is 5.81. The number of carbonyl (C=O) groups excluding carboxylic acids is 1. The lowest BCUT2D eigenvalue weighted by molar-refractivity contribution is -0.192. The summed E-state index contributed by atoms with van der Waals surface area (Å²) in [6, 6.07) is 0. The summed E-state index contributed by atoms with van der Waals surface area (Å²) in [6.07, 6.45) is 1.76. The van der Waals surface area contributed by atoms with Gasteiger partial charge in [-0.25, -0.2) is 0 Å². The van der Waals surface area contributed by atoms with Crippen LogP contribution in [0.1, 0.15) is 26.7 Å². The second-order valence-electron chi connectivity index (χ2n) is 5.41. The number of rotatable bonds is 1. The van der Waals surface area contributed by atoms with E-state index in [2.05, 4.69) is 19.2 Å². The normalized spacial score (nSPS) is 30.1. The standard InChI is InChI=1S/C12H22N2O2/c1-9(2)10-11(15)14(3)8-12(16-10)4-6-13-7-5-12/h9-10,13H,4-8H2,1-3H3. The lowest BCUT2D eigenvalue weighted by Gasteiger charge is -2.47. The molecule has 2 aliphatic rings. The summed E-state index contributed by atoms with van der Waals surface area (Å²) in [4.78, 5) is 13.8. The van der Waals surface area contributed by atoms with Crippen LogP contribution in [0, 0.1) is 5.92 Å². The summed E-state index contributed by atoms with van der Waals surface area (Å²) in [7, 11) is 1.89. The minimum Gasteiger partial charge on any atom is -0.360 e. The van der Waals surface area contributed by atoms with E-state index >= 15 is 0 Å². The van der Waals surface area contributed by atoms with E-state index in [0.717, 1.165) is 32.5 Å². The first-order chi connectivity index (χ1) is 7.54. The number of hydrogen-bond acceptors (Lipinski definition) is 3. The van der Waals surface area contributed by atoms with Gasteiger partial charge in [-0.15, -0.1) is 0 Å². The molecule has 92 valence electrons. The summed E-state index contributed by atoms with van der Waals surface area (Å²) in [5.41, 5.74) is -0.0944. The summed E-state index contributed by atoms with van der Waals surface area (Å²) in [5, 5.41) is 3.34. The number of likely N-dealkylation sites (N-methyl/N-ethyl adjacent to an activating group) is 1. The van der Waals surface area contributed by atoms with E-state index in [1.54, 1.807) is 0 Å². The Labute approximate surface area is 97.3 Å². The quantitative estimate of drug-likeness (QED) is 0.713. The van der Waals surface area contributed by atoms with Gasteiger partial charge in [0.15, 0.2) is 0 Å². The Morgan fingerprint density at radius 2 is 2.06 bits per heavy atom. The number of carbonyl (C=O) groups is 1. The van der Waals surface area contributed by atoms with E-state index in [0.29, 0.717) is 0 Å². The predicted molar refractivity (Wildman–Crippen MR) is 62.2 cm³/mol. The van der Waals surface area contributed by atoms with Crippen LogP contribution < -0.4 is 5.32 Å². The molecule has 2 heterocycles. The van der Waals surface area contributed by atoms with Crippen molar-refractivity contribution in [2.45, 2.75) is 38.4 Å². The third kappa shape index (κ3) is 2.09. The first-order valence-electron chi connectivity index (χ1n) is 6.18. The van der Waals surface area contributed by atoms with Crippen molar-refractivity contribution in [2.75, 3.05) is 26.7 Å². The highest BCUT2D eigenvalue weighted by atomic mass is 16.5. The first kappa shape index (κ1) is 11.9. The van der Waals surface area contributed by atoms with E-state index in [1.807, 2.05) is 11.9 Å². The average molecular weight is 226 g/mol. The Morgan fingerprint density at radius 1 is 1.44 bits per heavy atom. The molecule has 2 rings (SSSR count). The SMILES string of the molecule is CC(C)C1OC2(CCNCC2)CN(C)C1=O. The van der Waals surface area contributed by atoms with Gasteiger partial charge in [0.05, 0.1) is 5.60 Å². The van der Waals surface area contributed by atoms with Crippen molar-refractivity contribution < 1.29 is 9.53 Å². The van der Waals surface area contributed by atoms with Crippen LogP contribution in [0.15, 0.2) is 0 Å². The first-order valence-corrected chi connectivity index (χ1v) is 6.18. The Hall–Kier alpha value is -0.610. The van der Waals surface area contributed by atoms with Gasteiger partial charge >= 0.3 is 0 Å².